The third kappa shape index (κ3) is 3.08. The number of hydrogen-bond donors (Lipinski definition) is 1. The lowest BCUT2D eigenvalue weighted by Crippen LogP contribution is -2.17. The van der Waals surface area contributed by atoms with Gasteiger partial charge in [0.15, 0.2) is 5.13 Å². The van der Waals surface area contributed by atoms with Crippen molar-refractivity contribution in [3.8, 4) is 0 Å². The third-order valence-electron chi connectivity index (χ3n) is 3.88. The maximum Gasteiger partial charge on any atom is 0.274 e. The molecule has 0 spiro atoms. The molecular weight excluding hydrogens is 324 g/mol. The molecule has 4 heterocycles. The highest BCUT2D eigenvalue weighted by Gasteiger charge is 2.18. The fourth-order valence-electron chi connectivity index (χ4n) is 2.68. The van der Waals surface area contributed by atoms with Crippen molar-refractivity contribution in [2.75, 3.05) is 11.9 Å². The van der Waals surface area contributed by atoms with Crippen molar-refractivity contribution in [3.05, 3.63) is 64.7 Å². The number of carbonyl (C=O) groups excluding carboxylic acids is 1. The van der Waals surface area contributed by atoms with Crippen LogP contribution in [0.4, 0.5) is 5.13 Å². The van der Waals surface area contributed by atoms with Crippen LogP contribution in [0.3, 0.4) is 0 Å². The molecular formula is C17H16N4O2S. The second kappa shape index (κ2) is 6.54. The first kappa shape index (κ1) is 15.0. The van der Waals surface area contributed by atoms with Gasteiger partial charge in [-0.05, 0) is 29.8 Å². The predicted octanol–water partition coefficient (Wildman–Crippen LogP) is 2.71. The summed E-state index contributed by atoms with van der Waals surface area (Å²) in [5.74, 6) is -0.152. The molecule has 6 nitrogen and oxygen atoms in total. The number of ether oxygens (including phenoxy) is 1. The Hall–Kier alpha value is -2.51. The molecule has 4 rings (SSSR count). The van der Waals surface area contributed by atoms with Crippen LogP contribution in [0.5, 0.6) is 0 Å². The number of hydrogen-bond acceptors (Lipinski definition) is 5. The number of pyridine rings is 1. The molecule has 1 N–H and O–H groups in total. The van der Waals surface area contributed by atoms with Gasteiger partial charge in [-0.1, -0.05) is 11.3 Å². The summed E-state index contributed by atoms with van der Waals surface area (Å²) in [5, 5.41) is 3.54. The molecule has 0 unspecified atom stereocenters. The van der Waals surface area contributed by atoms with Gasteiger partial charge in [-0.25, -0.2) is 4.98 Å². The lowest BCUT2D eigenvalue weighted by Gasteiger charge is -2.08. The van der Waals surface area contributed by atoms with Crippen LogP contribution in [0.15, 0.2) is 42.9 Å². The highest BCUT2D eigenvalue weighted by atomic mass is 32.1. The number of amides is 1. The molecule has 1 aliphatic heterocycles. The van der Waals surface area contributed by atoms with E-state index in [1.807, 2.05) is 35.0 Å². The van der Waals surface area contributed by atoms with Gasteiger partial charge in [0, 0.05) is 31.6 Å². The largest absolute Gasteiger partial charge is 0.375 e. The molecule has 3 aromatic heterocycles. The van der Waals surface area contributed by atoms with Crippen molar-refractivity contribution in [3.63, 3.8) is 0 Å². The van der Waals surface area contributed by atoms with Gasteiger partial charge in [0.05, 0.1) is 23.8 Å². The second-order valence-electron chi connectivity index (χ2n) is 5.52. The molecule has 0 bridgehead atoms. The number of anilines is 1. The van der Waals surface area contributed by atoms with Crippen molar-refractivity contribution < 1.29 is 9.53 Å². The molecule has 0 aromatic carbocycles. The molecule has 1 amide bonds. The summed E-state index contributed by atoms with van der Waals surface area (Å²) in [7, 11) is 0. The summed E-state index contributed by atoms with van der Waals surface area (Å²) < 4.78 is 7.34. The average Bonchev–Trinajstić information content (AvgIpc) is 3.21. The quantitative estimate of drug-likeness (QED) is 0.793. The highest BCUT2D eigenvalue weighted by molar-refractivity contribution is 7.15. The zero-order valence-electron chi connectivity index (χ0n) is 12.9. The summed E-state index contributed by atoms with van der Waals surface area (Å²) in [6.07, 6.45) is 6.21. The third-order valence-corrected chi connectivity index (χ3v) is 4.87. The molecule has 1 aliphatic rings. The number of thiazole rings is 1. The lowest BCUT2D eigenvalue weighted by atomic mass is 10.2. The van der Waals surface area contributed by atoms with E-state index < -0.39 is 0 Å². The van der Waals surface area contributed by atoms with Crippen molar-refractivity contribution in [2.24, 2.45) is 0 Å². The molecule has 0 fully saturated rings. The summed E-state index contributed by atoms with van der Waals surface area (Å²) in [6, 6.07) is 7.57. The molecule has 0 radical (unpaired) electrons. The Morgan fingerprint density at radius 3 is 3.04 bits per heavy atom. The van der Waals surface area contributed by atoms with E-state index in [1.54, 1.807) is 12.4 Å². The summed E-state index contributed by atoms with van der Waals surface area (Å²) in [5.41, 5.74) is 2.74. The summed E-state index contributed by atoms with van der Waals surface area (Å²) in [6.45, 7) is 1.90. The average molecular weight is 340 g/mol. The molecule has 0 saturated heterocycles. The van der Waals surface area contributed by atoms with Crippen LogP contribution >= 0.6 is 11.3 Å². The van der Waals surface area contributed by atoms with Crippen molar-refractivity contribution >= 4 is 22.4 Å². The van der Waals surface area contributed by atoms with E-state index in [1.165, 1.54) is 11.3 Å². The zero-order chi connectivity index (χ0) is 16.4. The van der Waals surface area contributed by atoms with Gasteiger partial charge in [0.25, 0.3) is 5.91 Å². The fraction of sp³-hybridized carbons (Fsp3) is 0.235. The Labute approximate surface area is 143 Å². The fourth-order valence-corrected chi connectivity index (χ4v) is 3.62. The van der Waals surface area contributed by atoms with E-state index in [0.29, 0.717) is 30.6 Å². The van der Waals surface area contributed by atoms with Crippen molar-refractivity contribution in [2.45, 2.75) is 19.6 Å². The van der Waals surface area contributed by atoms with Gasteiger partial charge in [0.1, 0.15) is 5.69 Å². The van der Waals surface area contributed by atoms with E-state index in [9.17, 15) is 4.79 Å². The first-order valence-corrected chi connectivity index (χ1v) is 8.53. The molecule has 24 heavy (non-hydrogen) atoms. The number of fused-ring (bicyclic) bond motifs is 1. The van der Waals surface area contributed by atoms with Crippen molar-refractivity contribution in [1.29, 1.82) is 0 Å². The standard InChI is InChI=1S/C17H16N4O2S/c22-16(20-17-19-13-5-9-23-11-15(13)24-17)14-2-1-8-21(14)10-12-3-6-18-7-4-12/h1-4,6-8H,5,9-11H2,(H,19,20,22). The van der Waals surface area contributed by atoms with E-state index in [4.69, 9.17) is 4.74 Å². The maximum atomic E-state index is 12.6. The minimum atomic E-state index is -0.152. The van der Waals surface area contributed by atoms with Gasteiger partial charge >= 0.3 is 0 Å². The zero-order valence-corrected chi connectivity index (χ0v) is 13.8. The Bertz CT molecular complexity index is 833. The van der Waals surface area contributed by atoms with Gasteiger partial charge in [-0.15, -0.1) is 0 Å². The molecule has 3 aromatic rings. The molecule has 122 valence electrons. The summed E-state index contributed by atoms with van der Waals surface area (Å²) >= 11 is 1.49. The van der Waals surface area contributed by atoms with E-state index in [2.05, 4.69) is 15.3 Å². The number of nitrogens with zero attached hydrogens (tertiary/aromatic N) is 3. The highest BCUT2D eigenvalue weighted by Crippen LogP contribution is 2.27. The minimum Gasteiger partial charge on any atom is -0.375 e. The normalized spacial score (nSPS) is 13.5. The SMILES string of the molecule is O=C(Nc1nc2c(s1)COCC2)c1cccn1Cc1ccncc1. The Kier molecular flexibility index (Phi) is 4.10. The topological polar surface area (TPSA) is 69.0 Å². The van der Waals surface area contributed by atoms with Gasteiger partial charge in [0.2, 0.25) is 0 Å². The van der Waals surface area contributed by atoms with Crippen LogP contribution in [-0.2, 0) is 24.3 Å². The van der Waals surface area contributed by atoms with Crippen LogP contribution in [0, 0.1) is 0 Å². The molecule has 0 atom stereocenters. The number of nitrogens with one attached hydrogen (secondary N) is 1. The van der Waals surface area contributed by atoms with Crippen LogP contribution < -0.4 is 5.32 Å². The summed E-state index contributed by atoms with van der Waals surface area (Å²) in [4.78, 5) is 22.2. The maximum absolute atomic E-state index is 12.6. The van der Waals surface area contributed by atoms with Crippen molar-refractivity contribution in [1.82, 2.24) is 14.5 Å². The van der Waals surface area contributed by atoms with Crippen LogP contribution in [0.2, 0.25) is 0 Å². The predicted molar refractivity (Wildman–Crippen MR) is 91.2 cm³/mol. The number of aromatic nitrogens is 3. The van der Waals surface area contributed by atoms with Crippen LogP contribution in [0.25, 0.3) is 0 Å². The monoisotopic (exact) mass is 340 g/mol. The molecule has 0 saturated carbocycles. The van der Waals surface area contributed by atoms with Gasteiger partial charge in [-0.3, -0.25) is 15.1 Å². The van der Waals surface area contributed by atoms with E-state index in [-0.39, 0.29) is 5.91 Å². The Morgan fingerprint density at radius 2 is 2.21 bits per heavy atom. The van der Waals surface area contributed by atoms with E-state index >= 15 is 0 Å². The first-order chi connectivity index (χ1) is 11.8. The van der Waals surface area contributed by atoms with Crippen LogP contribution in [0.1, 0.15) is 26.6 Å². The van der Waals surface area contributed by atoms with E-state index in [0.717, 1.165) is 22.6 Å². The van der Waals surface area contributed by atoms with Crippen LogP contribution in [-0.4, -0.2) is 27.0 Å². The Morgan fingerprint density at radius 1 is 1.33 bits per heavy atom. The first-order valence-electron chi connectivity index (χ1n) is 7.71. The lowest BCUT2D eigenvalue weighted by molar-refractivity contribution is 0.101. The van der Waals surface area contributed by atoms with Gasteiger partial charge in [-0.2, -0.15) is 0 Å². The molecule has 0 aliphatic carbocycles. The Balaban J connectivity index is 1.51. The number of carbonyl (C=O) groups is 1. The minimum absolute atomic E-state index is 0.152. The molecule has 7 heteroatoms. The second-order valence-corrected chi connectivity index (χ2v) is 6.61. The number of rotatable bonds is 4. The smallest absolute Gasteiger partial charge is 0.274 e. The van der Waals surface area contributed by atoms with Gasteiger partial charge < -0.3 is 9.30 Å².